The van der Waals surface area contributed by atoms with Crippen LogP contribution in [-0.2, 0) is 0 Å². The number of allylic oxidation sites excluding steroid dienone is 2. The van der Waals surface area contributed by atoms with E-state index in [1.807, 2.05) is 0 Å². The second-order valence-electron chi connectivity index (χ2n) is 5.76. The highest BCUT2D eigenvalue weighted by Crippen LogP contribution is 2.22. The number of likely N-dealkylation sites (tertiary alicyclic amines) is 1. The fourth-order valence-corrected chi connectivity index (χ4v) is 3.17. The van der Waals surface area contributed by atoms with E-state index in [4.69, 9.17) is 0 Å². The molecule has 0 atom stereocenters. The van der Waals surface area contributed by atoms with Gasteiger partial charge in [0.25, 0.3) is 0 Å². The van der Waals surface area contributed by atoms with Gasteiger partial charge in [-0.15, -0.1) is 0 Å². The van der Waals surface area contributed by atoms with Gasteiger partial charge in [-0.1, -0.05) is 44.6 Å². The topological polar surface area (TPSA) is 3.24 Å². The predicted molar refractivity (Wildman–Crippen MR) is 75.1 cm³/mol. The van der Waals surface area contributed by atoms with Gasteiger partial charge in [0.2, 0.25) is 0 Å². The van der Waals surface area contributed by atoms with Crippen molar-refractivity contribution in [3.63, 3.8) is 0 Å². The van der Waals surface area contributed by atoms with E-state index in [9.17, 15) is 0 Å². The second kappa shape index (κ2) is 7.79. The van der Waals surface area contributed by atoms with Crippen molar-refractivity contribution >= 4 is 0 Å². The number of nitrogens with zero attached hydrogens (tertiary/aromatic N) is 1. The van der Waals surface area contributed by atoms with Gasteiger partial charge in [-0.3, -0.25) is 0 Å². The van der Waals surface area contributed by atoms with Crippen molar-refractivity contribution < 1.29 is 0 Å². The summed E-state index contributed by atoms with van der Waals surface area (Å²) >= 11 is 0. The van der Waals surface area contributed by atoms with Crippen molar-refractivity contribution in [2.75, 3.05) is 13.1 Å². The van der Waals surface area contributed by atoms with Crippen molar-refractivity contribution in [1.82, 2.24) is 4.90 Å². The van der Waals surface area contributed by atoms with Crippen LogP contribution in [0.5, 0.6) is 0 Å². The molecule has 1 saturated heterocycles. The standard InChI is InChI=1S/C16H29N/c1-2-4-6-8-12-16(13-9-7-5-3-1)17-14-10-11-15-17/h12H,1-11,13-15H2. The Labute approximate surface area is 107 Å². The maximum absolute atomic E-state index is 2.66. The minimum atomic E-state index is 1.33. The first kappa shape index (κ1) is 13.0. The number of rotatable bonds is 1. The normalized spacial score (nSPS) is 24.9. The molecule has 0 spiro atoms. The van der Waals surface area contributed by atoms with Crippen LogP contribution in [0.1, 0.15) is 77.0 Å². The molecule has 0 bridgehead atoms. The Balaban J connectivity index is 1.84. The van der Waals surface area contributed by atoms with Gasteiger partial charge < -0.3 is 4.90 Å². The summed E-state index contributed by atoms with van der Waals surface area (Å²) in [6.45, 7) is 2.65. The molecule has 0 aromatic heterocycles. The predicted octanol–water partition coefficient (Wildman–Crippen LogP) is 4.88. The summed E-state index contributed by atoms with van der Waals surface area (Å²) in [4.78, 5) is 2.66. The third kappa shape index (κ3) is 4.73. The summed E-state index contributed by atoms with van der Waals surface area (Å²) in [5.41, 5.74) is 1.68. The Kier molecular flexibility index (Phi) is 5.95. The van der Waals surface area contributed by atoms with Crippen LogP contribution in [0.4, 0.5) is 0 Å². The quantitative estimate of drug-likeness (QED) is 0.626. The average molecular weight is 235 g/mol. The Bertz CT molecular complexity index is 226. The van der Waals surface area contributed by atoms with E-state index in [1.54, 1.807) is 5.70 Å². The van der Waals surface area contributed by atoms with Crippen LogP contribution in [0.2, 0.25) is 0 Å². The lowest BCUT2D eigenvalue weighted by Crippen LogP contribution is -2.18. The minimum Gasteiger partial charge on any atom is -0.375 e. The van der Waals surface area contributed by atoms with Gasteiger partial charge in [-0.25, -0.2) is 0 Å². The van der Waals surface area contributed by atoms with Crippen LogP contribution in [0.15, 0.2) is 11.8 Å². The van der Waals surface area contributed by atoms with E-state index in [1.165, 1.54) is 90.1 Å². The van der Waals surface area contributed by atoms with Crippen molar-refractivity contribution in [3.8, 4) is 0 Å². The lowest BCUT2D eigenvalue weighted by Gasteiger charge is -2.22. The van der Waals surface area contributed by atoms with Gasteiger partial charge >= 0.3 is 0 Å². The fourth-order valence-electron chi connectivity index (χ4n) is 3.17. The van der Waals surface area contributed by atoms with Crippen LogP contribution in [-0.4, -0.2) is 18.0 Å². The molecule has 1 aliphatic carbocycles. The largest absolute Gasteiger partial charge is 0.375 e. The first-order chi connectivity index (χ1) is 8.47. The molecular weight excluding hydrogens is 206 g/mol. The maximum Gasteiger partial charge on any atom is 0.0175 e. The summed E-state index contributed by atoms with van der Waals surface area (Å²) in [6, 6.07) is 0. The van der Waals surface area contributed by atoms with E-state index in [0.29, 0.717) is 0 Å². The summed E-state index contributed by atoms with van der Waals surface area (Å²) in [5.74, 6) is 0. The summed E-state index contributed by atoms with van der Waals surface area (Å²) < 4.78 is 0. The van der Waals surface area contributed by atoms with E-state index < -0.39 is 0 Å². The van der Waals surface area contributed by atoms with Crippen molar-refractivity contribution in [2.45, 2.75) is 77.0 Å². The Morgan fingerprint density at radius 2 is 1.24 bits per heavy atom. The zero-order valence-corrected chi connectivity index (χ0v) is 11.4. The van der Waals surface area contributed by atoms with E-state index >= 15 is 0 Å². The van der Waals surface area contributed by atoms with Crippen molar-refractivity contribution in [1.29, 1.82) is 0 Å². The van der Waals surface area contributed by atoms with Gasteiger partial charge in [-0.05, 0) is 38.5 Å². The highest BCUT2D eigenvalue weighted by Gasteiger charge is 2.14. The first-order valence-electron chi connectivity index (χ1n) is 7.91. The van der Waals surface area contributed by atoms with E-state index in [-0.39, 0.29) is 0 Å². The van der Waals surface area contributed by atoms with Gasteiger partial charge in [0.1, 0.15) is 0 Å². The Morgan fingerprint density at radius 1 is 0.647 bits per heavy atom. The van der Waals surface area contributed by atoms with Crippen LogP contribution in [0.25, 0.3) is 0 Å². The molecule has 1 fully saturated rings. The smallest absolute Gasteiger partial charge is 0.0175 e. The maximum atomic E-state index is 2.66. The molecule has 2 aliphatic rings. The van der Waals surface area contributed by atoms with Crippen LogP contribution < -0.4 is 0 Å². The average Bonchev–Trinajstić information content (AvgIpc) is 2.83. The molecule has 0 radical (unpaired) electrons. The molecular formula is C16H29N. The minimum absolute atomic E-state index is 1.33. The van der Waals surface area contributed by atoms with Crippen LogP contribution >= 0.6 is 0 Å². The molecule has 17 heavy (non-hydrogen) atoms. The summed E-state index contributed by atoms with van der Waals surface area (Å²) in [5, 5.41) is 0. The summed E-state index contributed by atoms with van der Waals surface area (Å²) in [6.07, 6.45) is 19.7. The highest BCUT2D eigenvalue weighted by atomic mass is 15.1. The third-order valence-corrected chi connectivity index (χ3v) is 4.28. The van der Waals surface area contributed by atoms with Crippen LogP contribution in [0, 0.1) is 0 Å². The molecule has 1 aliphatic heterocycles. The Morgan fingerprint density at radius 3 is 1.94 bits per heavy atom. The molecule has 0 amide bonds. The lowest BCUT2D eigenvalue weighted by molar-refractivity contribution is 0.397. The van der Waals surface area contributed by atoms with E-state index in [2.05, 4.69) is 11.0 Å². The van der Waals surface area contributed by atoms with Gasteiger partial charge in [-0.2, -0.15) is 0 Å². The first-order valence-corrected chi connectivity index (χ1v) is 7.91. The lowest BCUT2D eigenvalue weighted by atomic mass is 10.0. The Hall–Kier alpha value is -0.460. The molecule has 0 N–H and O–H groups in total. The molecule has 0 aromatic rings. The number of hydrogen-bond acceptors (Lipinski definition) is 1. The molecule has 2 rings (SSSR count). The molecule has 0 unspecified atom stereocenters. The van der Waals surface area contributed by atoms with Crippen molar-refractivity contribution in [3.05, 3.63) is 11.8 Å². The second-order valence-corrected chi connectivity index (χ2v) is 5.76. The number of hydrogen-bond donors (Lipinski definition) is 0. The van der Waals surface area contributed by atoms with Crippen LogP contribution in [0.3, 0.4) is 0 Å². The van der Waals surface area contributed by atoms with Gasteiger partial charge in [0.05, 0.1) is 0 Å². The summed E-state index contributed by atoms with van der Waals surface area (Å²) in [7, 11) is 0. The zero-order chi connectivity index (χ0) is 11.8. The van der Waals surface area contributed by atoms with E-state index in [0.717, 1.165) is 0 Å². The van der Waals surface area contributed by atoms with Gasteiger partial charge in [0, 0.05) is 18.8 Å². The highest BCUT2D eigenvalue weighted by molar-refractivity contribution is 5.03. The SMILES string of the molecule is C1=C(N2CCCC2)CCCCCCCCCC1. The van der Waals surface area contributed by atoms with Crippen molar-refractivity contribution in [2.24, 2.45) is 0 Å². The molecule has 1 heterocycles. The molecule has 0 saturated carbocycles. The van der Waals surface area contributed by atoms with Gasteiger partial charge in [0.15, 0.2) is 0 Å². The monoisotopic (exact) mass is 235 g/mol. The zero-order valence-electron chi connectivity index (χ0n) is 11.4. The molecule has 98 valence electrons. The molecule has 0 aromatic carbocycles. The fraction of sp³-hybridized carbons (Fsp3) is 0.875. The molecule has 1 nitrogen and oxygen atoms in total. The molecule has 1 heteroatoms. The third-order valence-electron chi connectivity index (χ3n) is 4.28.